The third-order valence-electron chi connectivity index (χ3n) is 2.83. The van der Waals surface area contributed by atoms with Crippen LogP contribution < -0.4 is 11.3 Å². The predicted molar refractivity (Wildman–Crippen MR) is 76.8 cm³/mol. The van der Waals surface area contributed by atoms with Crippen molar-refractivity contribution >= 4 is 23.2 Å². The van der Waals surface area contributed by atoms with Gasteiger partial charge in [0.15, 0.2) is 0 Å². The number of hydrogen-bond donors (Lipinski definition) is 2. The van der Waals surface area contributed by atoms with Gasteiger partial charge in [0.25, 0.3) is 0 Å². The average Bonchev–Trinajstić information content (AvgIpc) is 2.33. The number of rotatable bonds is 3. The molecular formula is C14H13Cl2FN2. The molecule has 2 rings (SSSR count). The van der Waals surface area contributed by atoms with Gasteiger partial charge in [-0.2, -0.15) is 0 Å². The van der Waals surface area contributed by atoms with E-state index in [4.69, 9.17) is 29.0 Å². The summed E-state index contributed by atoms with van der Waals surface area (Å²) >= 11 is 12.1. The fraction of sp³-hybridized carbons (Fsp3) is 0.143. The molecule has 0 aromatic heterocycles. The summed E-state index contributed by atoms with van der Waals surface area (Å²) in [4.78, 5) is 0. The quantitative estimate of drug-likeness (QED) is 0.664. The number of halogens is 3. The maximum absolute atomic E-state index is 13.5. The molecule has 19 heavy (non-hydrogen) atoms. The van der Waals surface area contributed by atoms with Gasteiger partial charge in [0.05, 0.1) is 6.04 Å². The van der Waals surface area contributed by atoms with Crippen molar-refractivity contribution in [1.29, 1.82) is 0 Å². The second-order valence-electron chi connectivity index (χ2n) is 4.33. The molecular weight excluding hydrogens is 286 g/mol. The lowest BCUT2D eigenvalue weighted by Gasteiger charge is -2.19. The van der Waals surface area contributed by atoms with Gasteiger partial charge < -0.3 is 0 Å². The summed E-state index contributed by atoms with van der Waals surface area (Å²) in [6.07, 6.45) is 0. The minimum absolute atomic E-state index is 0.312. The van der Waals surface area contributed by atoms with Crippen molar-refractivity contribution in [3.05, 3.63) is 69.0 Å². The molecule has 0 spiro atoms. The van der Waals surface area contributed by atoms with Crippen molar-refractivity contribution in [3.8, 4) is 0 Å². The first-order chi connectivity index (χ1) is 9.01. The van der Waals surface area contributed by atoms with E-state index in [1.807, 2.05) is 13.0 Å². The number of benzene rings is 2. The van der Waals surface area contributed by atoms with Crippen molar-refractivity contribution in [1.82, 2.24) is 5.43 Å². The van der Waals surface area contributed by atoms with Crippen LogP contribution in [0.2, 0.25) is 10.0 Å². The molecule has 2 aromatic rings. The third-order valence-corrected chi connectivity index (χ3v) is 3.41. The van der Waals surface area contributed by atoms with E-state index in [2.05, 4.69) is 5.43 Å². The highest BCUT2D eigenvalue weighted by Gasteiger charge is 2.17. The minimum Gasteiger partial charge on any atom is -0.271 e. The fourth-order valence-corrected chi connectivity index (χ4v) is 2.44. The molecule has 2 aromatic carbocycles. The van der Waals surface area contributed by atoms with Gasteiger partial charge in [-0.25, -0.2) is 9.82 Å². The zero-order valence-corrected chi connectivity index (χ0v) is 11.8. The second-order valence-corrected chi connectivity index (χ2v) is 5.17. The molecule has 0 amide bonds. The topological polar surface area (TPSA) is 38.0 Å². The molecule has 0 fully saturated rings. The standard InChI is InChI=1S/C14H13Cl2FN2/c1-8-4-9(6-11(17)5-8)14(19-18)12-7-10(15)2-3-13(12)16/h2-7,14,19H,18H2,1H3. The summed E-state index contributed by atoms with van der Waals surface area (Å²) in [5, 5.41) is 1.07. The molecule has 2 nitrogen and oxygen atoms in total. The summed E-state index contributed by atoms with van der Waals surface area (Å²) < 4.78 is 13.5. The Morgan fingerprint density at radius 1 is 1.16 bits per heavy atom. The van der Waals surface area contributed by atoms with E-state index in [-0.39, 0.29) is 5.82 Å². The van der Waals surface area contributed by atoms with E-state index < -0.39 is 6.04 Å². The lowest BCUT2D eigenvalue weighted by atomic mass is 9.97. The maximum atomic E-state index is 13.5. The van der Waals surface area contributed by atoms with Gasteiger partial charge in [-0.15, -0.1) is 0 Å². The molecule has 5 heteroatoms. The molecule has 0 heterocycles. The maximum Gasteiger partial charge on any atom is 0.123 e. The first-order valence-electron chi connectivity index (χ1n) is 5.69. The Morgan fingerprint density at radius 3 is 2.53 bits per heavy atom. The van der Waals surface area contributed by atoms with Crippen LogP contribution in [0.5, 0.6) is 0 Å². The van der Waals surface area contributed by atoms with Gasteiger partial charge in [0.1, 0.15) is 5.82 Å². The predicted octanol–water partition coefficient (Wildman–Crippen LogP) is 3.99. The van der Waals surface area contributed by atoms with Crippen LogP contribution in [0, 0.1) is 12.7 Å². The number of hydrogen-bond acceptors (Lipinski definition) is 2. The molecule has 3 N–H and O–H groups in total. The van der Waals surface area contributed by atoms with Crippen LogP contribution in [0.3, 0.4) is 0 Å². The van der Waals surface area contributed by atoms with Gasteiger partial charge in [0, 0.05) is 10.0 Å². The molecule has 100 valence electrons. The van der Waals surface area contributed by atoms with Crippen molar-refractivity contribution < 1.29 is 4.39 Å². The first-order valence-corrected chi connectivity index (χ1v) is 6.45. The first kappa shape index (κ1) is 14.3. The molecule has 1 atom stereocenters. The largest absolute Gasteiger partial charge is 0.271 e. The molecule has 0 aliphatic heterocycles. The van der Waals surface area contributed by atoms with Crippen LogP contribution in [-0.4, -0.2) is 0 Å². The van der Waals surface area contributed by atoms with E-state index in [1.54, 1.807) is 18.2 Å². The molecule has 0 saturated heterocycles. The highest BCUT2D eigenvalue weighted by Crippen LogP contribution is 2.30. The van der Waals surface area contributed by atoms with E-state index in [9.17, 15) is 4.39 Å². The molecule has 0 bridgehead atoms. The van der Waals surface area contributed by atoms with Crippen LogP contribution in [-0.2, 0) is 0 Å². The number of aryl methyl sites for hydroxylation is 1. The van der Waals surface area contributed by atoms with Crippen LogP contribution in [0.4, 0.5) is 4.39 Å². The zero-order chi connectivity index (χ0) is 14.0. The summed E-state index contributed by atoms with van der Waals surface area (Å²) in [6, 6.07) is 9.42. The minimum atomic E-state index is -0.416. The van der Waals surface area contributed by atoms with Gasteiger partial charge in [-0.05, 0) is 53.9 Å². The van der Waals surface area contributed by atoms with Crippen LogP contribution in [0.1, 0.15) is 22.7 Å². The van der Waals surface area contributed by atoms with Gasteiger partial charge in [-0.1, -0.05) is 29.3 Å². The van der Waals surface area contributed by atoms with E-state index in [0.717, 1.165) is 5.56 Å². The molecule has 0 saturated carbocycles. The summed E-state index contributed by atoms with van der Waals surface area (Å²) in [6.45, 7) is 1.82. The van der Waals surface area contributed by atoms with Crippen LogP contribution in [0.15, 0.2) is 36.4 Å². The van der Waals surface area contributed by atoms with Crippen molar-refractivity contribution in [2.24, 2.45) is 5.84 Å². The summed E-state index contributed by atoms with van der Waals surface area (Å²) in [5.41, 5.74) is 4.87. The Labute approximate surface area is 121 Å². The molecule has 0 aliphatic carbocycles. The smallest absolute Gasteiger partial charge is 0.123 e. The molecule has 0 aliphatic rings. The Bertz CT molecular complexity index is 582. The lowest BCUT2D eigenvalue weighted by molar-refractivity contribution is 0.604. The van der Waals surface area contributed by atoms with Crippen molar-refractivity contribution in [2.75, 3.05) is 0 Å². The zero-order valence-electron chi connectivity index (χ0n) is 10.3. The average molecular weight is 299 g/mol. The Morgan fingerprint density at radius 2 is 1.89 bits per heavy atom. The summed E-state index contributed by atoms with van der Waals surface area (Å²) in [5.74, 6) is 5.27. The van der Waals surface area contributed by atoms with Gasteiger partial charge >= 0.3 is 0 Å². The monoisotopic (exact) mass is 298 g/mol. The summed E-state index contributed by atoms with van der Waals surface area (Å²) in [7, 11) is 0. The van der Waals surface area contributed by atoms with Gasteiger partial charge in [0.2, 0.25) is 0 Å². The van der Waals surface area contributed by atoms with Crippen molar-refractivity contribution in [2.45, 2.75) is 13.0 Å². The van der Waals surface area contributed by atoms with Crippen LogP contribution >= 0.6 is 23.2 Å². The lowest BCUT2D eigenvalue weighted by Crippen LogP contribution is -2.29. The van der Waals surface area contributed by atoms with E-state index in [1.165, 1.54) is 12.1 Å². The SMILES string of the molecule is Cc1cc(F)cc(C(NN)c2cc(Cl)ccc2Cl)c1. The highest BCUT2D eigenvalue weighted by atomic mass is 35.5. The van der Waals surface area contributed by atoms with Gasteiger partial charge in [-0.3, -0.25) is 5.84 Å². The fourth-order valence-electron chi connectivity index (χ4n) is 2.03. The normalized spacial score (nSPS) is 12.5. The second kappa shape index (κ2) is 5.88. The molecule has 1 unspecified atom stereocenters. The highest BCUT2D eigenvalue weighted by molar-refractivity contribution is 6.33. The Kier molecular flexibility index (Phi) is 4.42. The van der Waals surface area contributed by atoms with Crippen LogP contribution in [0.25, 0.3) is 0 Å². The van der Waals surface area contributed by atoms with E-state index in [0.29, 0.717) is 21.2 Å². The number of nitrogens with two attached hydrogens (primary N) is 1. The number of hydrazine groups is 1. The number of nitrogens with one attached hydrogen (secondary N) is 1. The van der Waals surface area contributed by atoms with E-state index >= 15 is 0 Å². The molecule has 0 radical (unpaired) electrons. The van der Waals surface area contributed by atoms with Crippen molar-refractivity contribution in [3.63, 3.8) is 0 Å². The third kappa shape index (κ3) is 3.25. The Hall–Kier alpha value is -1.13. The Balaban J connectivity index is 2.52.